The summed E-state index contributed by atoms with van der Waals surface area (Å²) in [5, 5.41) is 8.66. The van der Waals surface area contributed by atoms with Crippen LogP contribution >= 0.6 is 0 Å². The van der Waals surface area contributed by atoms with Crippen LogP contribution in [0.2, 0.25) is 0 Å². The van der Waals surface area contributed by atoms with Crippen LogP contribution < -0.4 is 4.74 Å². The second-order valence-corrected chi connectivity index (χ2v) is 4.67. The van der Waals surface area contributed by atoms with Crippen molar-refractivity contribution in [3.05, 3.63) is 29.8 Å². The number of hydrogen-bond donors (Lipinski definition) is 0. The van der Waals surface area contributed by atoms with E-state index in [0.29, 0.717) is 11.3 Å². The summed E-state index contributed by atoms with van der Waals surface area (Å²) in [6.07, 6.45) is 5.48. The van der Waals surface area contributed by atoms with Crippen LogP contribution in [0.3, 0.4) is 0 Å². The fourth-order valence-corrected chi connectivity index (χ4v) is 2.17. The Morgan fingerprint density at radius 3 is 2.53 bits per heavy atom. The molecule has 1 aromatic rings. The summed E-state index contributed by atoms with van der Waals surface area (Å²) in [5.74, 6) is 0.246. The predicted molar refractivity (Wildman–Crippen MR) is 69.6 cm³/mol. The fourth-order valence-electron chi connectivity index (χ4n) is 2.17. The molecule has 1 aliphatic rings. The Labute approximate surface area is 112 Å². The van der Waals surface area contributed by atoms with Crippen LogP contribution in [0.15, 0.2) is 24.3 Å². The molecule has 4 heteroatoms. The van der Waals surface area contributed by atoms with E-state index in [-0.39, 0.29) is 18.7 Å². The van der Waals surface area contributed by atoms with Crippen molar-refractivity contribution >= 4 is 5.97 Å². The number of carbonyl (C=O) groups is 1. The standard InChI is InChI=1S/C15H17NO3/c16-10-12-6-8-13(9-7-12)18-11-15(17)19-14-4-2-1-3-5-14/h6-9,14H,1-5,11H2. The lowest BCUT2D eigenvalue weighted by Crippen LogP contribution is -2.24. The van der Waals surface area contributed by atoms with Crippen LogP contribution in [-0.2, 0) is 9.53 Å². The molecule has 1 aliphatic carbocycles. The van der Waals surface area contributed by atoms with E-state index in [9.17, 15) is 4.79 Å². The molecule has 0 atom stereocenters. The van der Waals surface area contributed by atoms with E-state index < -0.39 is 0 Å². The molecule has 2 rings (SSSR count). The molecule has 0 heterocycles. The predicted octanol–water partition coefficient (Wildman–Crippen LogP) is 2.81. The summed E-state index contributed by atoms with van der Waals surface area (Å²) in [5.41, 5.74) is 0.567. The van der Waals surface area contributed by atoms with Crippen molar-refractivity contribution in [2.45, 2.75) is 38.2 Å². The number of hydrogen-bond acceptors (Lipinski definition) is 4. The lowest BCUT2D eigenvalue weighted by Gasteiger charge is -2.21. The number of esters is 1. The van der Waals surface area contributed by atoms with Crippen molar-refractivity contribution in [2.75, 3.05) is 6.61 Å². The van der Waals surface area contributed by atoms with Gasteiger partial charge in [0.05, 0.1) is 11.6 Å². The Hall–Kier alpha value is -2.02. The molecule has 4 nitrogen and oxygen atoms in total. The molecule has 100 valence electrons. The highest BCUT2D eigenvalue weighted by Crippen LogP contribution is 2.20. The number of nitriles is 1. The van der Waals surface area contributed by atoms with Gasteiger partial charge < -0.3 is 9.47 Å². The molecule has 0 unspecified atom stereocenters. The van der Waals surface area contributed by atoms with E-state index in [1.165, 1.54) is 6.42 Å². The number of ether oxygens (including phenoxy) is 2. The van der Waals surface area contributed by atoms with Gasteiger partial charge in [-0.25, -0.2) is 4.79 Å². The van der Waals surface area contributed by atoms with E-state index >= 15 is 0 Å². The maximum absolute atomic E-state index is 11.6. The first-order chi connectivity index (χ1) is 9.28. The molecular formula is C15H17NO3. The summed E-state index contributed by atoms with van der Waals surface area (Å²) in [6, 6.07) is 8.68. The van der Waals surface area contributed by atoms with Gasteiger partial charge in [-0.05, 0) is 49.9 Å². The molecule has 0 aromatic heterocycles. The van der Waals surface area contributed by atoms with Crippen LogP contribution in [0, 0.1) is 11.3 Å². The highest BCUT2D eigenvalue weighted by molar-refractivity contribution is 5.71. The second-order valence-electron chi connectivity index (χ2n) is 4.67. The molecule has 19 heavy (non-hydrogen) atoms. The lowest BCUT2D eigenvalue weighted by molar-refractivity contribution is -0.152. The smallest absolute Gasteiger partial charge is 0.344 e. The van der Waals surface area contributed by atoms with Crippen molar-refractivity contribution in [1.29, 1.82) is 5.26 Å². The van der Waals surface area contributed by atoms with Gasteiger partial charge in [-0.1, -0.05) is 6.42 Å². The second kappa shape index (κ2) is 6.79. The first-order valence-electron chi connectivity index (χ1n) is 6.60. The number of rotatable bonds is 4. The van der Waals surface area contributed by atoms with Crippen molar-refractivity contribution in [3.63, 3.8) is 0 Å². The Balaban J connectivity index is 1.74. The van der Waals surface area contributed by atoms with Gasteiger partial charge in [-0.3, -0.25) is 0 Å². The molecule has 1 aromatic carbocycles. The van der Waals surface area contributed by atoms with E-state index in [2.05, 4.69) is 0 Å². The monoisotopic (exact) mass is 259 g/mol. The van der Waals surface area contributed by atoms with E-state index in [0.717, 1.165) is 25.7 Å². The Morgan fingerprint density at radius 2 is 1.89 bits per heavy atom. The zero-order valence-corrected chi connectivity index (χ0v) is 10.8. The maximum Gasteiger partial charge on any atom is 0.344 e. The highest BCUT2D eigenvalue weighted by Gasteiger charge is 2.17. The topological polar surface area (TPSA) is 59.3 Å². The normalized spacial score (nSPS) is 15.5. The molecule has 0 saturated heterocycles. The van der Waals surface area contributed by atoms with E-state index in [1.807, 2.05) is 6.07 Å². The van der Waals surface area contributed by atoms with Crippen LogP contribution in [-0.4, -0.2) is 18.7 Å². The average Bonchev–Trinajstić information content (AvgIpc) is 2.47. The van der Waals surface area contributed by atoms with Crippen molar-refractivity contribution in [2.24, 2.45) is 0 Å². The summed E-state index contributed by atoms with van der Waals surface area (Å²) in [4.78, 5) is 11.6. The Kier molecular flexibility index (Phi) is 4.79. The van der Waals surface area contributed by atoms with Crippen LogP contribution in [0.5, 0.6) is 5.75 Å². The summed E-state index contributed by atoms with van der Waals surface area (Å²) >= 11 is 0. The maximum atomic E-state index is 11.6. The third kappa shape index (κ3) is 4.29. The summed E-state index contributed by atoms with van der Waals surface area (Å²) < 4.78 is 10.7. The molecule has 0 N–H and O–H groups in total. The average molecular weight is 259 g/mol. The van der Waals surface area contributed by atoms with Gasteiger partial charge in [0.25, 0.3) is 0 Å². The van der Waals surface area contributed by atoms with Gasteiger partial charge in [0, 0.05) is 0 Å². The minimum absolute atomic E-state index is 0.0609. The minimum Gasteiger partial charge on any atom is -0.482 e. The number of carbonyl (C=O) groups excluding carboxylic acids is 1. The number of nitrogens with zero attached hydrogens (tertiary/aromatic N) is 1. The first kappa shape index (κ1) is 13.4. The highest BCUT2D eigenvalue weighted by atomic mass is 16.6. The van der Waals surface area contributed by atoms with Gasteiger partial charge >= 0.3 is 5.97 Å². The molecule has 0 amide bonds. The third-order valence-corrected chi connectivity index (χ3v) is 3.19. The van der Waals surface area contributed by atoms with Crippen molar-refractivity contribution < 1.29 is 14.3 Å². The third-order valence-electron chi connectivity index (χ3n) is 3.19. The lowest BCUT2D eigenvalue weighted by atomic mass is 9.98. The largest absolute Gasteiger partial charge is 0.482 e. The van der Waals surface area contributed by atoms with Crippen LogP contribution in [0.1, 0.15) is 37.7 Å². The molecule has 0 aliphatic heterocycles. The quantitative estimate of drug-likeness (QED) is 0.780. The fraction of sp³-hybridized carbons (Fsp3) is 0.467. The molecule has 0 radical (unpaired) electrons. The van der Waals surface area contributed by atoms with Crippen molar-refractivity contribution in [3.8, 4) is 11.8 Å². The van der Waals surface area contributed by atoms with Gasteiger partial charge in [-0.2, -0.15) is 5.26 Å². The number of benzene rings is 1. The van der Waals surface area contributed by atoms with Gasteiger partial charge in [0.15, 0.2) is 6.61 Å². The molecular weight excluding hydrogens is 242 g/mol. The van der Waals surface area contributed by atoms with Crippen molar-refractivity contribution in [1.82, 2.24) is 0 Å². The SMILES string of the molecule is N#Cc1ccc(OCC(=O)OC2CCCCC2)cc1. The Morgan fingerprint density at radius 1 is 1.21 bits per heavy atom. The minimum atomic E-state index is -0.323. The van der Waals surface area contributed by atoms with Crippen LogP contribution in [0.25, 0.3) is 0 Å². The molecule has 1 saturated carbocycles. The summed E-state index contributed by atoms with van der Waals surface area (Å²) in [7, 11) is 0. The molecule has 0 bridgehead atoms. The zero-order valence-electron chi connectivity index (χ0n) is 10.8. The summed E-state index contributed by atoms with van der Waals surface area (Å²) in [6.45, 7) is -0.0810. The molecule has 1 fully saturated rings. The van der Waals surface area contributed by atoms with Crippen LogP contribution in [0.4, 0.5) is 0 Å². The van der Waals surface area contributed by atoms with E-state index in [4.69, 9.17) is 14.7 Å². The van der Waals surface area contributed by atoms with Gasteiger partial charge in [0.1, 0.15) is 11.9 Å². The van der Waals surface area contributed by atoms with Gasteiger partial charge in [-0.15, -0.1) is 0 Å². The van der Waals surface area contributed by atoms with Gasteiger partial charge in [0.2, 0.25) is 0 Å². The zero-order chi connectivity index (χ0) is 13.5. The first-order valence-corrected chi connectivity index (χ1v) is 6.60. The van der Waals surface area contributed by atoms with E-state index in [1.54, 1.807) is 24.3 Å². The Bertz CT molecular complexity index is 455. The molecule has 0 spiro atoms.